The Hall–Kier alpha value is -0.130. The molecule has 2 N–H and O–H groups in total. The van der Waals surface area contributed by atoms with Gasteiger partial charge in [-0.15, -0.1) is 0 Å². The minimum Gasteiger partial charge on any atom is -0.299 e. The first-order valence-electron chi connectivity index (χ1n) is 4.18. The molecule has 0 aromatic rings. The Morgan fingerprint density at radius 3 is 2.42 bits per heavy atom. The van der Waals surface area contributed by atoms with Gasteiger partial charge < -0.3 is 0 Å². The fourth-order valence-electron chi connectivity index (χ4n) is 0.786. The van der Waals surface area contributed by atoms with Crippen LogP contribution in [0, 0.1) is 0 Å². The first-order chi connectivity index (χ1) is 5.48. The van der Waals surface area contributed by atoms with Crippen LogP contribution in [0.5, 0.6) is 0 Å². The highest BCUT2D eigenvalue weighted by Crippen LogP contribution is 1.95. The Morgan fingerprint density at radius 1 is 1.42 bits per heavy atom. The summed E-state index contributed by atoms with van der Waals surface area (Å²) >= 11 is 0. The van der Waals surface area contributed by atoms with E-state index in [2.05, 4.69) is 12.2 Å². The standard InChI is InChI=1S/C7H17NO3S/c1-3-4-5-6-8-7(2)12(9,10)11/h7-8H,3-6H2,1-2H3,(H,9,10,11). The molecule has 0 bridgehead atoms. The van der Waals surface area contributed by atoms with Crippen LogP contribution in [0.2, 0.25) is 0 Å². The second-order valence-corrected chi connectivity index (χ2v) is 4.56. The normalized spacial score (nSPS) is 14.6. The number of hydrogen-bond acceptors (Lipinski definition) is 3. The predicted molar refractivity (Wildman–Crippen MR) is 48.5 cm³/mol. The summed E-state index contributed by atoms with van der Waals surface area (Å²) in [5.41, 5.74) is 0. The Labute approximate surface area is 74.1 Å². The van der Waals surface area contributed by atoms with Gasteiger partial charge in [-0.25, -0.2) is 0 Å². The smallest absolute Gasteiger partial charge is 0.280 e. The predicted octanol–water partition coefficient (Wildman–Crippen LogP) is 1.00. The lowest BCUT2D eigenvalue weighted by Gasteiger charge is -2.09. The van der Waals surface area contributed by atoms with Gasteiger partial charge in [-0.05, 0) is 19.9 Å². The summed E-state index contributed by atoms with van der Waals surface area (Å²) in [6.07, 6.45) is 3.11. The third-order valence-electron chi connectivity index (χ3n) is 1.66. The Bertz CT molecular complexity index is 201. The number of hydrogen-bond donors (Lipinski definition) is 2. The van der Waals surface area contributed by atoms with Crippen molar-refractivity contribution in [3.63, 3.8) is 0 Å². The molecular formula is C7H17NO3S. The van der Waals surface area contributed by atoms with Gasteiger partial charge in [-0.1, -0.05) is 19.8 Å². The van der Waals surface area contributed by atoms with Crippen molar-refractivity contribution in [2.45, 2.75) is 38.5 Å². The molecule has 0 saturated carbocycles. The summed E-state index contributed by atoms with van der Waals surface area (Å²) in [5.74, 6) is 0. The molecule has 0 aromatic carbocycles. The molecular weight excluding hydrogens is 178 g/mol. The minimum atomic E-state index is -3.90. The number of rotatable bonds is 6. The van der Waals surface area contributed by atoms with Crippen LogP contribution in [0.15, 0.2) is 0 Å². The topological polar surface area (TPSA) is 66.4 Å². The fourth-order valence-corrected chi connectivity index (χ4v) is 1.11. The van der Waals surface area contributed by atoms with E-state index in [0.29, 0.717) is 6.54 Å². The molecule has 0 radical (unpaired) electrons. The van der Waals surface area contributed by atoms with E-state index in [1.54, 1.807) is 0 Å². The molecule has 0 rings (SSSR count). The van der Waals surface area contributed by atoms with Gasteiger partial charge in [0, 0.05) is 0 Å². The zero-order valence-corrected chi connectivity index (χ0v) is 8.39. The van der Waals surface area contributed by atoms with E-state index < -0.39 is 15.5 Å². The van der Waals surface area contributed by atoms with Crippen molar-refractivity contribution < 1.29 is 13.0 Å². The van der Waals surface area contributed by atoms with Crippen molar-refractivity contribution >= 4 is 10.1 Å². The Morgan fingerprint density at radius 2 is 2.00 bits per heavy atom. The van der Waals surface area contributed by atoms with Crippen molar-refractivity contribution in [1.29, 1.82) is 0 Å². The molecule has 1 atom stereocenters. The molecule has 0 fully saturated rings. The van der Waals surface area contributed by atoms with Crippen molar-refractivity contribution in [1.82, 2.24) is 5.32 Å². The van der Waals surface area contributed by atoms with E-state index >= 15 is 0 Å². The maximum absolute atomic E-state index is 10.5. The van der Waals surface area contributed by atoms with Crippen LogP contribution in [-0.4, -0.2) is 24.9 Å². The lowest BCUT2D eigenvalue weighted by molar-refractivity contribution is 0.453. The van der Waals surface area contributed by atoms with Crippen LogP contribution in [0.3, 0.4) is 0 Å². The average molecular weight is 195 g/mol. The Kier molecular flexibility index (Phi) is 5.44. The second kappa shape index (κ2) is 5.50. The lowest BCUT2D eigenvalue weighted by Crippen LogP contribution is -2.34. The second-order valence-electron chi connectivity index (χ2n) is 2.82. The first kappa shape index (κ1) is 11.9. The summed E-state index contributed by atoms with van der Waals surface area (Å²) in [6.45, 7) is 4.14. The summed E-state index contributed by atoms with van der Waals surface area (Å²) in [5, 5.41) is 1.87. The molecule has 0 amide bonds. The zero-order valence-electron chi connectivity index (χ0n) is 7.58. The van der Waals surface area contributed by atoms with Gasteiger partial charge in [0.05, 0.1) is 0 Å². The fraction of sp³-hybridized carbons (Fsp3) is 1.00. The Balaban J connectivity index is 3.52. The van der Waals surface area contributed by atoms with E-state index in [9.17, 15) is 8.42 Å². The maximum atomic E-state index is 10.5. The monoisotopic (exact) mass is 195 g/mol. The molecule has 0 aliphatic carbocycles. The van der Waals surface area contributed by atoms with Gasteiger partial charge in [0.25, 0.3) is 10.1 Å². The quantitative estimate of drug-likeness (QED) is 0.490. The molecule has 0 aliphatic heterocycles. The molecule has 1 unspecified atom stereocenters. The third-order valence-corrected chi connectivity index (χ3v) is 2.72. The number of nitrogens with one attached hydrogen (secondary N) is 1. The van der Waals surface area contributed by atoms with Gasteiger partial charge in [-0.2, -0.15) is 8.42 Å². The van der Waals surface area contributed by atoms with Gasteiger partial charge in [0.1, 0.15) is 5.37 Å². The van der Waals surface area contributed by atoms with E-state index in [1.807, 2.05) is 0 Å². The van der Waals surface area contributed by atoms with Crippen molar-refractivity contribution in [2.24, 2.45) is 0 Å². The first-order valence-corrected chi connectivity index (χ1v) is 5.68. The van der Waals surface area contributed by atoms with Crippen LogP contribution in [-0.2, 0) is 10.1 Å². The van der Waals surface area contributed by atoms with Gasteiger partial charge >= 0.3 is 0 Å². The summed E-state index contributed by atoms with van der Waals surface area (Å²) in [6, 6.07) is 0. The SMILES string of the molecule is CCCCCNC(C)S(=O)(=O)O. The largest absolute Gasteiger partial charge is 0.299 e. The summed E-state index contributed by atoms with van der Waals surface area (Å²) in [4.78, 5) is 0. The van der Waals surface area contributed by atoms with Crippen LogP contribution in [0.1, 0.15) is 33.1 Å². The van der Waals surface area contributed by atoms with E-state index in [0.717, 1.165) is 19.3 Å². The zero-order chi connectivity index (χ0) is 9.61. The average Bonchev–Trinajstić information content (AvgIpc) is 1.96. The third kappa shape index (κ3) is 5.51. The molecule has 0 aromatic heterocycles. The van der Waals surface area contributed by atoms with Gasteiger partial charge in [0.2, 0.25) is 0 Å². The van der Waals surface area contributed by atoms with Crippen molar-refractivity contribution in [3.8, 4) is 0 Å². The highest BCUT2D eigenvalue weighted by atomic mass is 32.2. The molecule has 0 heterocycles. The summed E-state index contributed by atoms with van der Waals surface area (Å²) < 4.78 is 29.5. The minimum absolute atomic E-state index is 0.634. The van der Waals surface area contributed by atoms with Crippen LogP contribution in [0.25, 0.3) is 0 Å². The van der Waals surface area contributed by atoms with Crippen LogP contribution >= 0.6 is 0 Å². The molecule has 4 nitrogen and oxygen atoms in total. The van der Waals surface area contributed by atoms with E-state index in [1.165, 1.54) is 6.92 Å². The van der Waals surface area contributed by atoms with E-state index in [-0.39, 0.29) is 0 Å². The van der Waals surface area contributed by atoms with Gasteiger partial charge in [0.15, 0.2) is 0 Å². The van der Waals surface area contributed by atoms with Crippen LogP contribution < -0.4 is 5.32 Å². The maximum Gasteiger partial charge on any atom is 0.280 e. The number of unbranched alkanes of at least 4 members (excludes halogenated alkanes) is 2. The molecule has 12 heavy (non-hydrogen) atoms. The highest BCUT2D eigenvalue weighted by molar-refractivity contribution is 7.86. The molecule has 5 heteroatoms. The molecule has 74 valence electrons. The van der Waals surface area contributed by atoms with Crippen molar-refractivity contribution in [2.75, 3.05) is 6.54 Å². The molecule has 0 spiro atoms. The highest BCUT2D eigenvalue weighted by Gasteiger charge is 2.14. The van der Waals surface area contributed by atoms with Gasteiger partial charge in [-0.3, -0.25) is 9.87 Å². The van der Waals surface area contributed by atoms with E-state index in [4.69, 9.17) is 4.55 Å². The van der Waals surface area contributed by atoms with Crippen LogP contribution in [0.4, 0.5) is 0 Å². The summed E-state index contributed by atoms with van der Waals surface area (Å²) in [7, 11) is -3.90. The molecule has 0 saturated heterocycles. The molecule has 0 aliphatic rings. The van der Waals surface area contributed by atoms with Crippen molar-refractivity contribution in [3.05, 3.63) is 0 Å². The lowest BCUT2D eigenvalue weighted by atomic mass is 10.2.